The summed E-state index contributed by atoms with van der Waals surface area (Å²) < 4.78 is 47.5. The van der Waals surface area contributed by atoms with Crippen LogP contribution in [0, 0.1) is 0 Å². The number of Topliss-reactive ketones (excluding diaryl/α,β-unsaturated/α-hetero) is 1. The Balaban J connectivity index is 6.17. The minimum Gasteiger partial charge on any atom is -0.463 e. The fourth-order valence-electron chi connectivity index (χ4n) is 1.94. The summed E-state index contributed by atoms with van der Waals surface area (Å²) in [4.78, 5) is 58.9. The van der Waals surface area contributed by atoms with Crippen LogP contribution in [0.3, 0.4) is 0 Å². The van der Waals surface area contributed by atoms with Crippen molar-refractivity contribution in [3.63, 3.8) is 0 Å². The lowest BCUT2D eigenvalue weighted by Crippen LogP contribution is -2.54. The van der Waals surface area contributed by atoms with Gasteiger partial charge in [0.05, 0.1) is 0 Å². The maximum absolute atomic E-state index is 12.5. The number of ether oxygens (including phenoxy) is 4. The van der Waals surface area contributed by atoms with Gasteiger partial charge in [0.15, 0.2) is 18.0 Å². The van der Waals surface area contributed by atoms with E-state index in [-0.39, 0.29) is 11.8 Å². The van der Waals surface area contributed by atoms with Gasteiger partial charge in [0, 0.05) is 44.8 Å². The molecule has 10 nitrogen and oxygen atoms in total. The minimum atomic E-state index is -1.97. The molecule has 0 spiro atoms. The Morgan fingerprint density at radius 3 is 1.93 bits per heavy atom. The molecule has 0 aromatic rings. The van der Waals surface area contributed by atoms with Gasteiger partial charge in [0.25, 0.3) is 0 Å². The third kappa shape index (κ3) is 10.0. The average Bonchev–Trinajstić information content (AvgIpc) is 2.77. The van der Waals surface area contributed by atoms with E-state index in [9.17, 15) is 29.1 Å². The highest BCUT2D eigenvalue weighted by molar-refractivity contribution is 9.09. The number of carbonyl (C=O) groups excluding carboxylic acids is 5. The molecule has 27 heavy (non-hydrogen) atoms. The van der Waals surface area contributed by atoms with E-state index < -0.39 is 88.3 Å². The lowest BCUT2D eigenvalue weighted by atomic mass is 9.98. The Hall–Kier alpha value is -2.01. The third-order valence-corrected chi connectivity index (χ3v) is 3.26. The Kier molecular flexibility index (Phi) is 8.42. The zero-order chi connectivity index (χ0) is 24.0. The number of rotatable bonds is 11. The molecule has 154 valence electrons. The van der Waals surface area contributed by atoms with Crippen LogP contribution in [0.4, 0.5) is 0 Å². The van der Waals surface area contributed by atoms with Gasteiger partial charge >= 0.3 is 23.9 Å². The summed E-state index contributed by atoms with van der Waals surface area (Å²) in [5, 5.41) is 10.5. The number of halogens is 1. The number of hydrogen-bond donors (Lipinski definition) is 1. The molecule has 0 heterocycles. The molecule has 0 aliphatic carbocycles. The number of alkyl halides is 1. The van der Waals surface area contributed by atoms with Crippen LogP contribution in [0.25, 0.3) is 0 Å². The second kappa shape index (κ2) is 12.4. The van der Waals surface area contributed by atoms with Gasteiger partial charge in [-0.1, -0.05) is 15.9 Å². The Morgan fingerprint density at radius 2 is 1.41 bits per heavy atom. The first-order valence-electron chi connectivity index (χ1n) is 10.2. The second-order valence-corrected chi connectivity index (χ2v) is 5.77. The molecule has 0 rings (SSSR count). The van der Waals surface area contributed by atoms with E-state index in [0.29, 0.717) is 0 Å². The van der Waals surface area contributed by atoms with E-state index in [1.807, 2.05) is 0 Å². The van der Waals surface area contributed by atoms with E-state index in [0.717, 1.165) is 0 Å². The highest BCUT2D eigenvalue weighted by Crippen LogP contribution is 2.20. The van der Waals surface area contributed by atoms with Gasteiger partial charge in [0.2, 0.25) is 6.10 Å². The first-order valence-corrected chi connectivity index (χ1v) is 8.44. The second-order valence-electron chi connectivity index (χ2n) is 4.98. The molecule has 1 N–H and O–H groups in total. The van der Waals surface area contributed by atoms with Crippen LogP contribution < -0.4 is 0 Å². The van der Waals surface area contributed by atoms with Crippen LogP contribution in [0.1, 0.15) is 39.5 Å². The standard InChI is InChI=1S/C16H23BrO10/c1-8(18)24-7-13(23)15(26-10(3)20)16(27-11(4)21)14(25-9(2)19)12(22)5-6-17/h13-16,23H,5-7H2,1-4H3/t13-,14+,15-,16-/m1/s1/i1D,2D,3D,4D. The van der Waals surface area contributed by atoms with Gasteiger partial charge in [-0.15, -0.1) is 0 Å². The number of ketones is 1. The first-order chi connectivity index (χ1) is 14.6. The lowest BCUT2D eigenvalue weighted by Gasteiger charge is -2.33. The largest absolute Gasteiger partial charge is 0.463 e. The molecule has 0 saturated heterocycles. The predicted octanol–water partition coefficient (Wildman–Crippen LogP) is 0.0596. The highest BCUT2D eigenvalue weighted by atomic mass is 79.9. The third-order valence-electron chi connectivity index (χ3n) is 2.87. The van der Waals surface area contributed by atoms with Crippen molar-refractivity contribution in [2.24, 2.45) is 0 Å². The van der Waals surface area contributed by atoms with Crippen LogP contribution in [0.2, 0.25) is 0 Å². The Bertz CT molecular complexity index is 636. The normalized spacial score (nSPS) is 16.8. The summed E-state index contributed by atoms with van der Waals surface area (Å²) in [7, 11) is 0. The van der Waals surface area contributed by atoms with Crippen molar-refractivity contribution in [1.82, 2.24) is 0 Å². The first kappa shape index (κ1) is 18.4. The van der Waals surface area contributed by atoms with Gasteiger partial charge in [-0.25, -0.2) is 0 Å². The van der Waals surface area contributed by atoms with E-state index in [1.165, 1.54) is 0 Å². The van der Waals surface area contributed by atoms with Crippen LogP contribution in [0.15, 0.2) is 0 Å². The molecule has 0 aromatic heterocycles. The summed E-state index contributed by atoms with van der Waals surface area (Å²) in [6.45, 7) is -4.41. The van der Waals surface area contributed by atoms with E-state index >= 15 is 0 Å². The Morgan fingerprint density at radius 1 is 0.889 bits per heavy atom. The van der Waals surface area contributed by atoms with Gasteiger partial charge in [-0.05, 0) is 0 Å². The summed E-state index contributed by atoms with van der Waals surface area (Å²) in [6, 6.07) is 0. The monoisotopic (exact) mass is 458 g/mol. The molecular weight excluding hydrogens is 432 g/mol. The van der Waals surface area contributed by atoms with Crippen LogP contribution in [0.5, 0.6) is 0 Å². The molecule has 0 unspecified atom stereocenters. The average molecular weight is 459 g/mol. The molecule has 11 heteroatoms. The van der Waals surface area contributed by atoms with Gasteiger partial charge in [-0.2, -0.15) is 0 Å². The van der Waals surface area contributed by atoms with Crippen LogP contribution in [-0.4, -0.2) is 71.1 Å². The molecule has 0 saturated carbocycles. The number of carbonyl (C=O) groups is 5. The van der Waals surface area contributed by atoms with E-state index in [4.69, 9.17) is 19.7 Å². The maximum atomic E-state index is 12.5. The van der Waals surface area contributed by atoms with Crippen LogP contribution >= 0.6 is 15.9 Å². The van der Waals surface area contributed by atoms with Crippen molar-refractivity contribution in [3.8, 4) is 0 Å². The quantitative estimate of drug-likeness (QED) is 0.256. The van der Waals surface area contributed by atoms with Crippen molar-refractivity contribution >= 4 is 45.6 Å². The molecule has 0 aromatic carbocycles. The molecule has 0 radical (unpaired) electrons. The number of aliphatic hydroxyl groups is 1. The van der Waals surface area contributed by atoms with Gasteiger partial charge in [-0.3, -0.25) is 24.0 Å². The van der Waals surface area contributed by atoms with Crippen molar-refractivity contribution in [2.45, 2.75) is 58.4 Å². The summed E-state index contributed by atoms with van der Waals surface area (Å²) >= 11 is 3.01. The number of esters is 4. The molecule has 0 aliphatic rings. The molecule has 0 bridgehead atoms. The zero-order valence-corrected chi connectivity index (χ0v) is 15.8. The van der Waals surface area contributed by atoms with Crippen molar-refractivity contribution in [3.05, 3.63) is 0 Å². The summed E-state index contributed by atoms with van der Waals surface area (Å²) in [6.07, 6.45) is -8.04. The maximum Gasteiger partial charge on any atom is 0.303 e. The fourth-order valence-corrected chi connectivity index (χ4v) is 2.33. The molecule has 0 fully saturated rings. The smallest absolute Gasteiger partial charge is 0.303 e. The predicted molar refractivity (Wildman–Crippen MR) is 92.7 cm³/mol. The molecule has 4 atom stereocenters. The Labute approximate surface area is 170 Å². The van der Waals surface area contributed by atoms with Crippen molar-refractivity contribution < 1.29 is 53.5 Å². The topological polar surface area (TPSA) is 143 Å². The van der Waals surface area contributed by atoms with E-state index in [2.05, 4.69) is 20.7 Å². The van der Waals surface area contributed by atoms with Crippen molar-refractivity contribution in [2.75, 3.05) is 11.9 Å². The minimum absolute atomic E-state index is 0.0979. The summed E-state index contributed by atoms with van der Waals surface area (Å²) in [5.74, 6) is -5.52. The molecule has 0 amide bonds. The zero-order valence-electron chi connectivity index (χ0n) is 18.3. The summed E-state index contributed by atoms with van der Waals surface area (Å²) in [5.41, 5.74) is 0. The lowest BCUT2D eigenvalue weighted by molar-refractivity contribution is -0.197. The molecular formula is C16H23BrO10. The fraction of sp³-hybridized carbons (Fsp3) is 0.688. The van der Waals surface area contributed by atoms with Gasteiger partial charge < -0.3 is 24.1 Å². The van der Waals surface area contributed by atoms with Crippen LogP contribution in [-0.2, 0) is 42.9 Å². The molecule has 0 aliphatic heterocycles. The number of hydrogen-bond acceptors (Lipinski definition) is 10. The van der Waals surface area contributed by atoms with E-state index in [1.54, 1.807) is 0 Å². The van der Waals surface area contributed by atoms with Crippen molar-refractivity contribution in [1.29, 1.82) is 0 Å². The number of aliphatic hydroxyl groups excluding tert-OH is 1. The van der Waals surface area contributed by atoms with Gasteiger partial charge in [0.1, 0.15) is 12.7 Å². The highest BCUT2D eigenvalue weighted by Gasteiger charge is 2.44. The SMILES string of the molecule is [2H]CC(=O)OC[C@@H](O)[C@@H](OC(=O)C[2H])[C@H](OC(=O)C[2H])[C@@H](OC(=O)C[2H])C(=O)CCBr.